The van der Waals surface area contributed by atoms with Gasteiger partial charge in [0.15, 0.2) is 0 Å². The summed E-state index contributed by atoms with van der Waals surface area (Å²) < 4.78 is 7.25. The Morgan fingerprint density at radius 1 is 1.19 bits per heavy atom. The second-order valence-corrected chi connectivity index (χ2v) is 9.06. The average molecular weight is 448 g/mol. The summed E-state index contributed by atoms with van der Waals surface area (Å²) in [6, 6.07) is 10.5. The van der Waals surface area contributed by atoms with Gasteiger partial charge < -0.3 is 14.2 Å². The summed E-state index contributed by atoms with van der Waals surface area (Å²) >= 11 is 1.37. The SMILES string of the molecule is COC(=O)c1sc2nc(C)nc(N3CCc4c(ncn4CCc4ccccc4)C3)c2c1C. The van der Waals surface area contributed by atoms with Crippen LogP contribution in [-0.4, -0.2) is 39.1 Å². The summed E-state index contributed by atoms with van der Waals surface area (Å²) in [5.74, 6) is 1.25. The lowest BCUT2D eigenvalue weighted by Gasteiger charge is -2.29. The van der Waals surface area contributed by atoms with Crippen LogP contribution >= 0.6 is 11.3 Å². The lowest BCUT2D eigenvalue weighted by molar-refractivity contribution is 0.0605. The van der Waals surface area contributed by atoms with Crippen molar-refractivity contribution in [2.75, 3.05) is 18.6 Å². The van der Waals surface area contributed by atoms with E-state index in [2.05, 4.69) is 38.7 Å². The van der Waals surface area contributed by atoms with Gasteiger partial charge in [-0.05, 0) is 31.4 Å². The van der Waals surface area contributed by atoms with Crippen LogP contribution in [0.5, 0.6) is 0 Å². The van der Waals surface area contributed by atoms with Crippen LogP contribution < -0.4 is 4.90 Å². The number of aromatic nitrogens is 4. The van der Waals surface area contributed by atoms with Gasteiger partial charge >= 0.3 is 5.97 Å². The van der Waals surface area contributed by atoms with Gasteiger partial charge in [-0.1, -0.05) is 30.3 Å². The molecule has 0 amide bonds. The lowest BCUT2D eigenvalue weighted by atomic mass is 10.1. The minimum atomic E-state index is -0.327. The third kappa shape index (κ3) is 3.64. The molecule has 0 bridgehead atoms. The monoisotopic (exact) mass is 447 g/mol. The van der Waals surface area contributed by atoms with Gasteiger partial charge in [0.05, 0.1) is 31.1 Å². The van der Waals surface area contributed by atoms with E-state index in [1.165, 1.54) is 29.7 Å². The maximum absolute atomic E-state index is 12.2. The highest BCUT2D eigenvalue weighted by atomic mass is 32.1. The summed E-state index contributed by atoms with van der Waals surface area (Å²) in [6.07, 6.45) is 3.86. The topological polar surface area (TPSA) is 73.1 Å². The largest absolute Gasteiger partial charge is 0.465 e. The minimum absolute atomic E-state index is 0.327. The Labute approximate surface area is 190 Å². The number of anilines is 1. The van der Waals surface area contributed by atoms with Gasteiger partial charge in [-0.15, -0.1) is 11.3 Å². The maximum atomic E-state index is 12.2. The summed E-state index contributed by atoms with van der Waals surface area (Å²) in [6.45, 7) is 6.31. The van der Waals surface area contributed by atoms with Crippen LogP contribution in [0.25, 0.3) is 10.2 Å². The Kier molecular flexibility index (Phi) is 5.38. The standard InChI is InChI=1S/C24H25N5O2S/c1-15-20-22(26-16(2)27-23(20)32-21(15)24(30)31-3)28-12-10-19-18(13-28)25-14-29(19)11-9-17-7-5-4-6-8-17/h4-8,14H,9-13H2,1-3H3. The second-order valence-electron chi connectivity index (χ2n) is 8.06. The van der Waals surface area contributed by atoms with Crippen LogP contribution in [0.1, 0.15) is 38.0 Å². The number of aryl methyl sites for hydroxylation is 4. The predicted molar refractivity (Wildman–Crippen MR) is 125 cm³/mol. The first kappa shape index (κ1) is 20.6. The molecule has 5 rings (SSSR count). The predicted octanol–water partition coefficient (Wildman–Crippen LogP) is 4.10. The zero-order valence-electron chi connectivity index (χ0n) is 18.5. The molecule has 32 heavy (non-hydrogen) atoms. The molecule has 0 unspecified atom stereocenters. The first-order valence-electron chi connectivity index (χ1n) is 10.7. The van der Waals surface area contributed by atoms with E-state index in [1.807, 2.05) is 26.2 Å². The number of carbonyl (C=O) groups is 1. The van der Waals surface area contributed by atoms with Gasteiger partial charge in [-0.2, -0.15) is 0 Å². The molecule has 0 aliphatic carbocycles. The number of benzene rings is 1. The normalized spacial score (nSPS) is 13.4. The van der Waals surface area contributed by atoms with Gasteiger partial charge in [0.25, 0.3) is 0 Å². The van der Waals surface area contributed by atoms with Crippen molar-refractivity contribution < 1.29 is 9.53 Å². The number of imidazole rings is 1. The highest BCUT2D eigenvalue weighted by Crippen LogP contribution is 2.37. The van der Waals surface area contributed by atoms with Crippen molar-refractivity contribution in [2.24, 2.45) is 0 Å². The van der Waals surface area contributed by atoms with Crippen LogP contribution in [0.2, 0.25) is 0 Å². The van der Waals surface area contributed by atoms with Crippen LogP contribution in [0.15, 0.2) is 36.7 Å². The number of carbonyl (C=O) groups excluding carboxylic acids is 1. The van der Waals surface area contributed by atoms with Gasteiger partial charge in [-0.25, -0.2) is 19.7 Å². The van der Waals surface area contributed by atoms with Gasteiger partial charge in [0, 0.05) is 25.2 Å². The fourth-order valence-corrected chi connectivity index (χ4v) is 5.51. The molecule has 0 saturated carbocycles. The van der Waals surface area contributed by atoms with Crippen molar-refractivity contribution >= 4 is 33.3 Å². The number of thiophene rings is 1. The van der Waals surface area contributed by atoms with E-state index in [1.54, 1.807) is 0 Å². The molecular weight excluding hydrogens is 422 g/mol. The number of methoxy groups -OCH3 is 1. The molecule has 1 aliphatic rings. The van der Waals surface area contributed by atoms with Crippen LogP contribution in [0.4, 0.5) is 5.82 Å². The third-order valence-electron chi connectivity index (χ3n) is 6.03. The Morgan fingerprint density at radius 2 is 2.00 bits per heavy atom. The van der Waals surface area contributed by atoms with Crippen molar-refractivity contribution in [1.82, 2.24) is 19.5 Å². The van der Waals surface area contributed by atoms with Gasteiger partial charge in [-0.3, -0.25) is 0 Å². The maximum Gasteiger partial charge on any atom is 0.348 e. The van der Waals surface area contributed by atoms with Crippen molar-refractivity contribution in [3.63, 3.8) is 0 Å². The molecule has 0 fully saturated rings. The molecule has 164 valence electrons. The molecule has 1 aromatic carbocycles. The quantitative estimate of drug-likeness (QED) is 0.429. The Balaban J connectivity index is 1.43. The number of ether oxygens (including phenoxy) is 1. The molecule has 4 heterocycles. The lowest BCUT2D eigenvalue weighted by Crippen LogP contribution is -2.32. The van der Waals surface area contributed by atoms with E-state index in [-0.39, 0.29) is 5.97 Å². The third-order valence-corrected chi connectivity index (χ3v) is 7.20. The first-order chi connectivity index (χ1) is 15.5. The summed E-state index contributed by atoms with van der Waals surface area (Å²) in [7, 11) is 1.41. The van der Waals surface area contributed by atoms with Crippen LogP contribution in [0.3, 0.4) is 0 Å². The fraction of sp³-hybridized carbons (Fsp3) is 0.333. The molecular formula is C24H25N5O2S. The van der Waals surface area contributed by atoms with Gasteiger partial charge in [0.2, 0.25) is 0 Å². The van der Waals surface area contributed by atoms with E-state index in [0.29, 0.717) is 17.2 Å². The van der Waals surface area contributed by atoms with Crippen molar-refractivity contribution in [3.8, 4) is 0 Å². The second kappa shape index (κ2) is 8.35. The number of nitrogens with zero attached hydrogens (tertiary/aromatic N) is 5. The van der Waals surface area contributed by atoms with E-state index < -0.39 is 0 Å². The fourth-order valence-electron chi connectivity index (χ4n) is 4.38. The van der Waals surface area contributed by atoms with E-state index in [4.69, 9.17) is 14.7 Å². The molecule has 0 radical (unpaired) electrons. The number of hydrogen-bond acceptors (Lipinski definition) is 7. The number of fused-ring (bicyclic) bond motifs is 2. The summed E-state index contributed by atoms with van der Waals surface area (Å²) in [5, 5.41) is 0.938. The van der Waals surface area contributed by atoms with Crippen molar-refractivity contribution in [1.29, 1.82) is 0 Å². The van der Waals surface area contributed by atoms with Gasteiger partial charge in [0.1, 0.15) is 21.3 Å². The van der Waals surface area contributed by atoms with Crippen LogP contribution in [-0.2, 0) is 30.7 Å². The number of hydrogen-bond donors (Lipinski definition) is 0. The molecule has 3 aromatic heterocycles. The molecule has 1 aliphatic heterocycles. The summed E-state index contributed by atoms with van der Waals surface area (Å²) in [5.41, 5.74) is 4.61. The van der Waals surface area contributed by atoms with E-state index in [9.17, 15) is 4.79 Å². The number of esters is 1. The summed E-state index contributed by atoms with van der Waals surface area (Å²) in [4.78, 5) is 30.0. The van der Waals surface area contributed by atoms with Crippen LogP contribution in [0, 0.1) is 13.8 Å². The Hall–Kier alpha value is -3.26. The molecule has 0 saturated heterocycles. The first-order valence-corrected chi connectivity index (χ1v) is 11.5. The highest BCUT2D eigenvalue weighted by Gasteiger charge is 2.27. The molecule has 0 spiro atoms. The zero-order valence-corrected chi connectivity index (χ0v) is 19.3. The van der Waals surface area contributed by atoms with Crippen molar-refractivity contribution in [2.45, 2.75) is 39.8 Å². The Morgan fingerprint density at radius 3 is 2.78 bits per heavy atom. The Bertz CT molecular complexity index is 1290. The molecule has 0 atom stereocenters. The number of rotatable bonds is 5. The molecule has 8 heteroatoms. The minimum Gasteiger partial charge on any atom is -0.465 e. The highest BCUT2D eigenvalue weighted by molar-refractivity contribution is 7.20. The zero-order chi connectivity index (χ0) is 22.2. The van der Waals surface area contributed by atoms with E-state index in [0.717, 1.165) is 53.2 Å². The smallest absolute Gasteiger partial charge is 0.348 e. The van der Waals surface area contributed by atoms with Crippen molar-refractivity contribution in [3.05, 3.63) is 69.9 Å². The molecule has 7 nitrogen and oxygen atoms in total. The molecule has 4 aromatic rings. The molecule has 0 N–H and O–H groups in total. The average Bonchev–Trinajstić information content (AvgIpc) is 3.37. The van der Waals surface area contributed by atoms with E-state index >= 15 is 0 Å².